The summed E-state index contributed by atoms with van der Waals surface area (Å²) in [6.45, 7) is 3.90. The molecule has 2 aromatic carbocycles. The van der Waals surface area contributed by atoms with E-state index in [9.17, 15) is 4.79 Å². The van der Waals surface area contributed by atoms with E-state index in [1.54, 1.807) is 54.8 Å². The highest BCUT2D eigenvalue weighted by atomic mass is 16.5. The summed E-state index contributed by atoms with van der Waals surface area (Å²) in [7, 11) is 9.37. The van der Waals surface area contributed by atoms with E-state index in [1.807, 2.05) is 24.3 Å². The molecular weight excluding hydrogens is 450 g/mol. The lowest BCUT2D eigenvalue weighted by Crippen LogP contribution is -2.37. The monoisotopic (exact) mass is 483 g/mol. The normalized spacial score (nSPS) is 16.4. The fourth-order valence-electron chi connectivity index (χ4n) is 4.19. The number of benzene rings is 2. The number of likely N-dealkylation sites (N-methyl/N-ethyl adjacent to an activating group) is 1. The van der Waals surface area contributed by atoms with Gasteiger partial charge in [-0.15, -0.1) is 0 Å². The molecule has 188 valence electrons. The van der Waals surface area contributed by atoms with Gasteiger partial charge in [0.1, 0.15) is 0 Å². The number of nitrogens with zero attached hydrogens (tertiary/aromatic N) is 1. The summed E-state index contributed by atoms with van der Waals surface area (Å²) < 4.78 is 33.0. The topological polar surface area (TPSA) is 75.7 Å². The Bertz CT molecular complexity index is 1050. The fraction of sp³-hybridized carbons (Fsp3) is 0.370. The van der Waals surface area contributed by atoms with Crippen LogP contribution in [0, 0.1) is 0 Å². The van der Waals surface area contributed by atoms with Crippen LogP contribution in [0.2, 0.25) is 0 Å². The van der Waals surface area contributed by atoms with Crippen molar-refractivity contribution >= 4 is 17.9 Å². The van der Waals surface area contributed by atoms with Gasteiger partial charge in [0, 0.05) is 35.4 Å². The first-order valence-electron chi connectivity index (χ1n) is 11.2. The van der Waals surface area contributed by atoms with Gasteiger partial charge in [-0.3, -0.25) is 9.69 Å². The van der Waals surface area contributed by atoms with Crippen LogP contribution in [0.4, 0.5) is 0 Å². The minimum absolute atomic E-state index is 0.0385. The van der Waals surface area contributed by atoms with Crippen molar-refractivity contribution in [1.82, 2.24) is 4.90 Å². The van der Waals surface area contributed by atoms with E-state index >= 15 is 0 Å². The molecule has 1 aliphatic rings. The molecule has 0 saturated carbocycles. The number of hydrogen-bond acceptors (Lipinski definition) is 8. The van der Waals surface area contributed by atoms with Crippen LogP contribution >= 0.6 is 0 Å². The number of piperidine rings is 1. The highest BCUT2D eigenvalue weighted by molar-refractivity contribution is 6.15. The second-order valence-electron chi connectivity index (χ2n) is 7.82. The standard InChI is InChI=1S/C27H33NO7/c1-8-28-15-19(13-17-9-11-21(30-2)26(34-6)24(17)32-4)23(29)20(16-28)14-18-10-12-22(31-3)27(35-7)25(18)33-5/h9-14H,8,15-16H2,1-7H3. The maximum Gasteiger partial charge on any atom is 0.203 e. The Hall–Kier alpha value is -3.65. The highest BCUT2D eigenvalue weighted by Crippen LogP contribution is 2.42. The molecule has 8 heteroatoms. The molecule has 1 saturated heterocycles. The van der Waals surface area contributed by atoms with Crippen molar-refractivity contribution in [1.29, 1.82) is 0 Å². The van der Waals surface area contributed by atoms with Gasteiger partial charge in [-0.2, -0.15) is 0 Å². The first-order valence-corrected chi connectivity index (χ1v) is 11.2. The zero-order chi connectivity index (χ0) is 25.5. The maximum absolute atomic E-state index is 13.6. The smallest absolute Gasteiger partial charge is 0.203 e. The molecule has 1 heterocycles. The summed E-state index contributed by atoms with van der Waals surface area (Å²) in [6.07, 6.45) is 3.70. The van der Waals surface area contributed by atoms with Gasteiger partial charge in [0.2, 0.25) is 11.5 Å². The van der Waals surface area contributed by atoms with Gasteiger partial charge in [-0.05, 0) is 43.0 Å². The molecule has 0 aliphatic carbocycles. The average molecular weight is 484 g/mol. The van der Waals surface area contributed by atoms with Crippen molar-refractivity contribution in [2.24, 2.45) is 0 Å². The van der Waals surface area contributed by atoms with E-state index in [4.69, 9.17) is 28.4 Å². The Morgan fingerprint density at radius 1 is 0.657 bits per heavy atom. The molecule has 0 amide bonds. The largest absolute Gasteiger partial charge is 0.493 e. The summed E-state index contributed by atoms with van der Waals surface area (Å²) >= 11 is 0. The van der Waals surface area contributed by atoms with Gasteiger partial charge in [-0.1, -0.05) is 6.92 Å². The Kier molecular flexibility index (Phi) is 8.65. The summed E-state index contributed by atoms with van der Waals surface area (Å²) in [6, 6.07) is 7.30. The molecule has 35 heavy (non-hydrogen) atoms. The summed E-state index contributed by atoms with van der Waals surface area (Å²) in [5, 5.41) is 0. The molecule has 0 spiro atoms. The SMILES string of the molecule is CCN1CC(=Cc2ccc(OC)c(OC)c2OC)C(=O)C(=Cc2ccc(OC)c(OC)c2OC)C1. The quantitative estimate of drug-likeness (QED) is 0.494. The molecule has 0 bridgehead atoms. The van der Waals surface area contributed by atoms with E-state index in [2.05, 4.69) is 11.8 Å². The Morgan fingerprint density at radius 3 is 1.37 bits per heavy atom. The molecule has 1 aliphatic heterocycles. The number of likely N-dealkylation sites (tertiary alicyclic amines) is 1. The van der Waals surface area contributed by atoms with Crippen LogP contribution < -0.4 is 28.4 Å². The van der Waals surface area contributed by atoms with Gasteiger partial charge >= 0.3 is 0 Å². The molecule has 0 aromatic heterocycles. The molecule has 0 unspecified atom stereocenters. The van der Waals surface area contributed by atoms with Crippen LogP contribution in [0.5, 0.6) is 34.5 Å². The molecule has 0 atom stereocenters. The Labute approximate surface area is 206 Å². The third-order valence-corrected chi connectivity index (χ3v) is 5.95. The van der Waals surface area contributed by atoms with E-state index < -0.39 is 0 Å². The van der Waals surface area contributed by atoms with Crippen LogP contribution in [-0.4, -0.2) is 73.0 Å². The van der Waals surface area contributed by atoms with Gasteiger partial charge in [0.15, 0.2) is 28.8 Å². The third kappa shape index (κ3) is 5.22. The van der Waals surface area contributed by atoms with Crippen molar-refractivity contribution in [3.05, 3.63) is 46.5 Å². The summed E-state index contributed by atoms with van der Waals surface area (Å²) in [4.78, 5) is 15.8. The number of carbonyl (C=O) groups is 1. The first-order chi connectivity index (χ1) is 17.0. The van der Waals surface area contributed by atoms with Crippen LogP contribution in [0.3, 0.4) is 0 Å². The number of ketones is 1. The van der Waals surface area contributed by atoms with Crippen LogP contribution in [0.25, 0.3) is 12.2 Å². The summed E-state index contributed by atoms with van der Waals surface area (Å²) in [5.74, 6) is 3.04. The predicted octanol–water partition coefficient (Wildman–Crippen LogP) is 4.11. The molecule has 2 aromatic rings. The fourth-order valence-corrected chi connectivity index (χ4v) is 4.19. The van der Waals surface area contributed by atoms with Crippen molar-refractivity contribution in [2.75, 3.05) is 62.3 Å². The van der Waals surface area contributed by atoms with E-state index in [1.165, 1.54) is 0 Å². The molecule has 1 fully saturated rings. The second-order valence-corrected chi connectivity index (χ2v) is 7.82. The third-order valence-electron chi connectivity index (χ3n) is 5.95. The van der Waals surface area contributed by atoms with Gasteiger partial charge in [0.05, 0.1) is 42.7 Å². The van der Waals surface area contributed by atoms with E-state index in [0.717, 1.165) is 17.7 Å². The molecular formula is C27H33NO7. The first kappa shape index (κ1) is 26.0. The average Bonchev–Trinajstić information content (AvgIpc) is 2.89. The van der Waals surface area contributed by atoms with Crippen molar-refractivity contribution in [3.8, 4) is 34.5 Å². The molecule has 8 nitrogen and oxygen atoms in total. The maximum atomic E-state index is 13.6. The van der Waals surface area contributed by atoms with E-state index in [0.29, 0.717) is 58.7 Å². The highest BCUT2D eigenvalue weighted by Gasteiger charge is 2.27. The van der Waals surface area contributed by atoms with Gasteiger partial charge in [0.25, 0.3) is 0 Å². The number of carbonyl (C=O) groups excluding carboxylic acids is 1. The predicted molar refractivity (Wildman–Crippen MR) is 135 cm³/mol. The number of rotatable bonds is 9. The van der Waals surface area contributed by atoms with Crippen LogP contribution in [-0.2, 0) is 4.79 Å². The second kappa shape index (κ2) is 11.7. The summed E-state index contributed by atoms with van der Waals surface area (Å²) in [5.41, 5.74) is 2.76. The van der Waals surface area contributed by atoms with Gasteiger partial charge in [-0.25, -0.2) is 0 Å². The molecule has 0 N–H and O–H groups in total. The van der Waals surface area contributed by atoms with Gasteiger partial charge < -0.3 is 28.4 Å². The lowest BCUT2D eigenvalue weighted by Gasteiger charge is -2.29. The Balaban J connectivity index is 2.10. The number of ether oxygens (including phenoxy) is 6. The van der Waals surface area contributed by atoms with Crippen molar-refractivity contribution < 1.29 is 33.2 Å². The number of methoxy groups -OCH3 is 6. The van der Waals surface area contributed by atoms with Crippen LogP contribution in [0.15, 0.2) is 35.4 Å². The Morgan fingerprint density at radius 2 is 1.06 bits per heavy atom. The number of Topliss-reactive ketones (excluding diaryl/α,β-unsaturated/α-hetero) is 1. The van der Waals surface area contributed by atoms with Crippen molar-refractivity contribution in [3.63, 3.8) is 0 Å². The zero-order valence-electron chi connectivity index (χ0n) is 21.4. The number of hydrogen-bond donors (Lipinski definition) is 0. The minimum atomic E-state index is -0.0385. The zero-order valence-corrected chi connectivity index (χ0v) is 21.4. The molecule has 0 radical (unpaired) electrons. The molecule has 3 rings (SSSR count). The minimum Gasteiger partial charge on any atom is -0.493 e. The lowest BCUT2D eigenvalue weighted by atomic mass is 9.93. The van der Waals surface area contributed by atoms with Crippen molar-refractivity contribution in [2.45, 2.75) is 6.92 Å². The van der Waals surface area contributed by atoms with E-state index in [-0.39, 0.29) is 5.78 Å². The lowest BCUT2D eigenvalue weighted by molar-refractivity contribution is -0.113. The van der Waals surface area contributed by atoms with Crippen LogP contribution in [0.1, 0.15) is 18.1 Å².